The summed E-state index contributed by atoms with van der Waals surface area (Å²) < 4.78 is 13.0. The zero-order valence-corrected chi connectivity index (χ0v) is 15.4. The summed E-state index contributed by atoms with van der Waals surface area (Å²) in [5.41, 5.74) is 3.03. The number of aromatic nitrogens is 4. The van der Waals surface area contributed by atoms with Crippen LogP contribution in [0.5, 0.6) is 5.75 Å². The number of ether oxygens (including phenoxy) is 1. The molecule has 0 saturated carbocycles. The van der Waals surface area contributed by atoms with Gasteiger partial charge in [0.05, 0.1) is 23.9 Å². The van der Waals surface area contributed by atoms with Gasteiger partial charge in [-0.25, -0.2) is 4.98 Å². The van der Waals surface area contributed by atoms with Crippen LogP contribution in [0.3, 0.4) is 0 Å². The number of fused-ring (bicyclic) bond motifs is 1. The van der Waals surface area contributed by atoms with Crippen molar-refractivity contribution in [1.29, 1.82) is 0 Å². The zero-order valence-electron chi connectivity index (χ0n) is 14.5. The molecule has 0 spiro atoms. The molecule has 0 aliphatic carbocycles. The third-order valence-corrected chi connectivity index (χ3v) is 4.92. The predicted octanol–water partition coefficient (Wildman–Crippen LogP) is 4.27. The van der Waals surface area contributed by atoms with Crippen molar-refractivity contribution >= 4 is 22.8 Å². The lowest BCUT2D eigenvalue weighted by molar-refractivity contribution is 0.414. The molecule has 0 radical (unpaired) electrons. The molecule has 0 N–H and O–H groups in total. The smallest absolute Gasteiger partial charge is 0.226 e. The Labute approximate surface area is 155 Å². The van der Waals surface area contributed by atoms with E-state index in [2.05, 4.69) is 20.8 Å². The second kappa shape index (κ2) is 7.21. The summed E-state index contributed by atoms with van der Waals surface area (Å²) in [6, 6.07) is 16.0. The van der Waals surface area contributed by atoms with Gasteiger partial charge in [0, 0.05) is 12.1 Å². The van der Waals surface area contributed by atoms with E-state index in [1.54, 1.807) is 18.9 Å². The van der Waals surface area contributed by atoms with Crippen LogP contribution < -0.4 is 4.74 Å². The fourth-order valence-electron chi connectivity index (χ4n) is 2.70. The van der Waals surface area contributed by atoms with Crippen LogP contribution in [-0.4, -0.2) is 26.9 Å². The summed E-state index contributed by atoms with van der Waals surface area (Å²) in [5, 5.41) is 8.99. The van der Waals surface area contributed by atoms with E-state index in [-0.39, 0.29) is 0 Å². The van der Waals surface area contributed by atoms with Crippen molar-refractivity contribution in [2.24, 2.45) is 0 Å². The minimum atomic E-state index is 0.576. The first-order valence-electron chi connectivity index (χ1n) is 8.34. The lowest BCUT2D eigenvalue weighted by atomic mass is 10.2. The van der Waals surface area contributed by atoms with Gasteiger partial charge in [0.1, 0.15) is 5.75 Å². The Morgan fingerprint density at radius 3 is 2.54 bits per heavy atom. The van der Waals surface area contributed by atoms with E-state index >= 15 is 0 Å². The molecule has 0 bridgehead atoms. The van der Waals surface area contributed by atoms with Crippen molar-refractivity contribution in [3.63, 3.8) is 0 Å². The van der Waals surface area contributed by atoms with Gasteiger partial charge in [-0.1, -0.05) is 30.8 Å². The largest absolute Gasteiger partial charge is 0.497 e. The highest BCUT2D eigenvalue weighted by molar-refractivity contribution is 7.98. The molecule has 6 nitrogen and oxygen atoms in total. The monoisotopic (exact) mass is 366 g/mol. The molecule has 0 fully saturated rings. The van der Waals surface area contributed by atoms with E-state index in [9.17, 15) is 0 Å². The van der Waals surface area contributed by atoms with Gasteiger partial charge < -0.3 is 9.15 Å². The highest BCUT2D eigenvalue weighted by atomic mass is 32.2. The number of hydrogen-bond donors (Lipinski definition) is 0. The molecule has 0 saturated heterocycles. The standard InChI is InChI=1S/C19H18N4O2S/c1-3-17-21-22-18(25-17)12-26-19-20-15-6-4-5-7-16(15)23(19)13-8-10-14(24-2)11-9-13/h4-11H,3,12H2,1-2H3. The van der Waals surface area contributed by atoms with Crippen LogP contribution in [0, 0.1) is 0 Å². The zero-order chi connectivity index (χ0) is 17.9. The molecule has 0 atom stereocenters. The number of methoxy groups -OCH3 is 1. The predicted molar refractivity (Wildman–Crippen MR) is 101 cm³/mol. The number of aryl methyl sites for hydroxylation is 1. The fourth-order valence-corrected chi connectivity index (χ4v) is 3.56. The Morgan fingerprint density at radius 1 is 1.04 bits per heavy atom. The van der Waals surface area contributed by atoms with E-state index in [1.807, 2.05) is 49.4 Å². The molecule has 0 aliphatic heterocycles. The Kier molecular flexibility index (Phi) is 4.62. The molecule has 2 aromatic heterocycles. The van der Waals surface area contributed by atoms with Crippen LogP contribution in [-0.2, 0) is 12.2 Å². The molecule has 132 valence electrons. The van der Waals surface area contributed by atoms with Crippen LogP contribution in [0.15, 0.2) is 58.1 Å². The number of nitrogens with zero attached hydrogens (tertiary/aromatic N) is 4. The summed E-state index contributed by atoms with van der Waals surface area (Å²) in [5.74, 6) is 2.67. The average molecular weight is 366 g/mol. The third-order valence-electron chi connectivity index (χ3n) is 4.00. The minimum absolute atomic E-state index is 0.576. The normalized spacial score (nSPS) is 11.2. The highest BCUT2D eigenvalue weighted by Crippen LogP contribution is 2.30. The second-order valence-corrected chi connectivity index (χ2v) is 6.59. The number of imidazole rings is 1. The molecule has 0 amide bonds. The van der Waals surface area contributed by atoms with Crippen LogP contribution in [0.1, 0.15) is 18.7 Å². The van der Waals surface area contributed by atoms with E-state index in [1.165, 1.54) is 0 Å². The van der Waals surface area contributed by atoms with E-state index in [0.29, 0.717) is 17.5 Å². The summed E-state index contributed by atoms with van der Waals surface area (Å²) in [6.45, 7) is 1.99. The first-order valence-corrected chi connectivity index (χ1v) is 9.33. The third kappa shape index (κ3) is 3.17. The quantitative estimate of drug-likeness (QED) is 0.475. The van der Waals surface area contributed by atoms with Crippen LogP contribution in [0.4, 0.5) is 0 Å². The van der Waals surface area contributed by atoms with Crippen molar-refractivity contribution in [2.45, 2.75) is 24.3 Å². The maximum atomic E-state index is 5.61. The van der Waals surface area contributed by atoms with Crippen molar-refractivity contribution < 1.29 is 9.15 Å². The van der Waals surface area contributed by atoms with E-state index in [0.717, 1.165) is 34.0 Å². The van der Waals surface area contributed by atoms with Gasteiger partial charge in [-0.3, -0.25) is 4.57 Å². The highest BCUT2D eigenvalue weighted by Gasteiger charge is 2.14. The van der Waals surface area contributed by atoms with Gasteiger partial charge >= 0.3 is 0 Å². The van der Waals surface area contributed by atoms with Gasteiger partial charge in [-0.15, -0.1) is 10.2 Å². The van der Waals surface area contributed by atoms with Crippen LogP contribution in [0.2, 0.25) is 0 Å². The van der Waals surface area contributed by atoms with E-state index in [4.69, 9.17) is 14.1 Å². The molecule has 4 rings (SSSR count). The van der Waals surface area contributed by atoms with Gasteiger partial charge in [0.2, 0.25) is 11.8 Å². The molecule has 0 unspecified atom stereocenters. The van der Waals surface area contributed by atoms with Gasteiger partial charge in [0.15, 0.2) is 5.16 Å². The Bertz CT molecular complexity index is 1020. The van der Waals surface area contributed by atoms with Crippen molar-refractivity contribution in [2.75, 3.05) is 7.11 Å². The summed E-state index contributed by atoms with van der Waals surface area (Å²) in [7, 11) is 1.66. The van der Waals surface area contributed by atoms with Gasteiger partial charge in [-0.05, 0) is 36.4 Å². The maximum Gasteiger partial charge on any atom is 0.226 e. The fraction of sp³-hybridized carbons (Fsp3) is 0.211. The molecular formula is C19H18N4O2S. The first-order chi connectivity index (χ1) is 12.8. The lowest BCUT2D eigenvalue weighted by Crippen LogP contribution is -1.97. The van der Waals surface area contributed by atoms with Gasteiger partial charge in [0.25, 0.3) is 0 Å². The molecule has 2 heterocycles. The van der Waals surface area contributed by atoms with Crippen molar-refractivity contribution in [1.82, 2.24) is 19.7 Å². The average Bonchev–Trinajstić information content (AvgIpc) is 3.30. The van der Waals surface area contributed by atoms with E-state index < -0.39 is 0 Å². The molecule has 26 heavy (non-hydrogen) atoms. The van der Waals surface area contributed by atoms with Crippen LogP contribution >= 0.6 is 11.8 Å². The van der Waals surface area contributed by atoms with Crippen molar-refractivity contribution in [3.05, 3.63) is 60.3 Å². The topological polar surface area (TPSA) is 66.0 Å². The van der Waals surface area contributed by atoms with Crippen molar-refractivity contribution in [3.8, 4) is 11.4 Å². The number of thioether (sulfide) groups is 1. The molecular weight excluding hydrogens is 348 g/mol. The summed E-state index contributed by atoms with van der Waals surface area (Å²) in [6.07, 6.45) is 0.738. The second-order valence-electron chi connectivity index (χ2n) is 5.65. The van der Waals surface area contributed by atoms with Crippen LogP contribution in [0.25, 0.3) is 16.7 Å². The number of hydrogen-bond acceptors (Lipinski definition) is 6. The maximum absolute atomic E-state index is 5.61. The molecule has 4 aromatic rings. The SMILES string of the molecule is CCc1nnc(CSc2nc3ccccc3n2-c2ccc(OC)cc2)o1. The minimum Gasteiger partial charge on any atom is -0.497 e. The number of benzene rings is 2. The summed E-state index contributed by atoms with van der Waals surface area (Å²) in [4.78, 5) is 4.78. The number of para-hydroxylation sites is 2. The van der Waals surface area contributed by atoms with Gasteiger partial charge in [-0.2, -0.15) is 0 Å². The summed E-state index contributed by atoms with van der Waals surface area (Å²) >= 11 is 1.58. The number of rotatable bonds is 6. The Balaban J connectivity index is 1.70. The molecule has 2 aromatic carbocycles. The Morgan fingerprint density at radius 2 is 1.81 bits per heavy atom. The molecule has 0 aliphatic rings. The molecule has 7 heteroatoms. The Hall–Kier alpha value is -2.80. The first kappa shape index (κ1) is 16.7. The lowest BCUT2D eigenvalue weighted by Gasteiger charge is -2.09.